The van der Waals surface area contributed by atoms with Crippen LogP contribution >= 0.6 is 0 Å². The van der Waals surface area contributed by atoms with Gasteiger partial charge >= 0.3 is 12.1 Å². The Balaban J connectivity index is 0.000000540. The van der Waals surface area contributed by atoms with E-state index in [1.165, 1.54) is 76.2 Å². The number of hydrogen-bond acceptors (Lipinski definition) is 5. The number of piperidine rings is 1. The minimum Gasteiger partial charge on any atom is -0.475 e. The van der Waals surface area contributed by atoms with E-state index in [1.54, 1.807) is 0 Å². The molecule has 0 aliphatic carbocycles. The lowest BCUT2D eigenvalue weighted by molar-refractivity contribution is -0.192. The van der Waals surface area contributed by atoms with Crippen LogP contribution in [0.15, 0.2) is 28.8 Å². The van der Waals surface area contributed by atoms with Gasteiger partial charge in [0.15, 0.2) is 0 Å². The number of rotatable bonds is 12. The highest BCUT2D eigenvalue weighted by Gasteiger charge is 2.38. The molecule has 35 heavy (non-hydrogen) atoms. The van der Waals surface area contributed by atoms with Gasteiger partial charge in [-0.15, -0.1) is 0 Å². The number of unbranched alkanes of at least 4 members (excludes halogenated alkanes) is 7. The second-order valence-electron chi connectivity index (χ2n) is 9.15. The van der Waals surface area contributed by atoms with Crippen molar-refractivity contribution in [3.63, 3.8) is 0 Å². The Morgan fingerprint density at radius 2 is 1.71 bits per heavy atom. The van der Waals surface area contributed by atoms with Crippen LogP contribution in [0.25, 0.3) is 11.4 Å². The van der Waals surface area contributed by atoms with E-state index in [0.29, 0.717) is 5.92 Å². The fraction of sp³-hybridized carbons (Fsp3) is 0.654. The molecule has 0 saturated carbocycles. The molecule has 0 amide bonds. The van der Waals surface area contributed by atoms with Crippen molar-refractivity contribution in [2.24, 2.45) is 5.92 Å². The Morgan fingerprint density at radius 1 is 1.09 bits per heavy atom. The summed E-state index contributed by atoms with van der Waals surface area (Å²) in [6.07, 6.45) is 10.4. The van der Waals surface area contributed by atoms with Crippen molar-refractivity contribution < 1.29 is 27.6 Å². The first-order chi connectivity index (χ1) is 16.8. The molecule has 1 aliphatic rings. The van der Waals surface area contributed by atoms with Gasteiger partial charge in [-0.3, -0.25) is 0 Å². The van der Waals surface area contributed by atoms with Crippen LogP contribution < -0.4 is 5.32 Å². The van der Waals surface area contributed by atoms with Crippen molar-refractivity contribution in [3.05, 3.63) is 35.7 Å². The predicted octanol–water partition coefficient (Wildman–Crippen LogP) is 6.60. The molecule has 0 spiro atoms. The number of nitrogens with zero attached hydrogens (tertiary/aromatic N) is 2. The van der Waals surface area contributed by atoms with Crippen LogP contribution in [0.3, 0.4) is 0 Å². The monoisotopic (exact) mass is 497 g/mol. The van der Waals surface area contributed by atoms with Crippen molar-refractivity contribution in [1.29, 1.82) is 0 Å². The highest BCUT2D eigenvalue weighted by molar-refractivity contribution is 5.73. The Kier molecular flexibility index (Phi) is 12.8. The summed E-state index contributed by atoms with van der Waals surface area (Å²) < 4.78 is 37.2. The van der Waals surface area contributed by atoms with Crippen LogP contribution in [-0.2, 0) is 17.6 Å². The van der Waals surface area contributed by atoms with E-state index < -0.39 is 12.1 Å². The largest absolute Gasteiger partial charge is 0.490 e. The number of aryl methyl sites for hydroxylation is 1. The molecule has 196 valence electrons. The molecule has 1 fully saturated rings. The molecule has 9 heteroatoms. The van der Waals surface area contributed by atoms with E-state index >= 15 is 0 Å². The number of carboxylic acid groups (broad SMARTS) is 1. The van der Waals surface area contributed by atoms with Crippen LogP contribution in [0.5, 0.6) is 0 Å². The Labute approximate surface area is 205 Å². The summed E-state index contributed by atoms with van der Waals surface area (Å²) in [7, 11) is 0. The molecular formula is C26H38F3N3O3. The first-order valence-electron chi connectivity index (χ1n) is 12.7. The summed E-state index contributed by atoms with van der Waals surface area (Å²) in [5.41, 5.74) is 2.46. The van der Waals surface area contributed by atoms with Gasteiger partial charge in [0.2, 0.25) is 11.7 Å². The Bertz CT molecular complexity index is 848. The lowest BCUT2D eigenvalue weighted by Crippen LogP contribution is -2.30. The third-order valence-corrected chi connectivity index (χ3v) is 6.10. The summed E-state index contributed by atoms with van der Waals surface area (Å²) in [5.74, 6) is -0.646. The molecule has 1 aromatic carbocycles. The van der Waals surface area contributed by atoms with Gasteiger partial charge in [-0.05, 0) is 50.3 Å². The van der Waals surface area contributed by atoms with Crippen LogP contribution in [0, 0.1) is 5.92 Å². The summed E-state index contributed by atoms with van der Waals surface area (Å²) in [4.78, 5) is 13.5. The smallest absolute Gasteiger partial charge is 0.475 e. The second kappa shape index (κ2) is 15.5. The number of aromatic nitrogens is 2. The minimum absolute atomic E-state index is 0.621. The number of carboxylic acids is 1. The highest BCUT2D eigenvalue weighted by atomic mass is 19.4. The van der Waals surface area contributed by atoms with E-state index in [-0.39, 0.29) is 0 Å². The second-order valence-corrected chi connectivity index (χ2v) is 9.15. The summed E-state index contributed by atoms with van der Waals surface area (Å²) in [5, 5.41) is 14.8. The number of halogens is 3. The lowest BCUT2D eigenvalue weighted by atomic mass is 9.96. The van der Waals surface area contributed by atoms with Crippen molar-refractivity contribution in [3.8, 4) is 11.4 Å². The van der Waals surface area contributed by atoms with E-state index in [2.05, 4.69) is 46.6 Å². The van der Waals surface area contributed by atoms with Gasteiger partial charge in [0, 0.05) is 12.0 Å². The molecule has 0 unspecified atom stereocenters. The molecular weight excluding hydrogens is 459 g/mol. The van der Waals surface area contributed by atoms with Gasteiger partial charge in [-0.1, -0.05) is 81.3 Å². The number of hydrogen-bond donors (Lipinski definition) is 2. The zero-order valence-corrected chi connectivity index (χ0v) is 20.6. The van der Waals surface area contributed by atoms with Gasteiger partial charge in [0.05, 0.1) is 0 Å². The van der Waals surface area contributed by atoms with Gasteiger partial charge in [0.25, 0.3) is 0 Å². The van der Waals surface area contributed by atoms with Gasteiger partial charge < -0.3 is 14.9 Å². The molecule has 1 saturated heterocycles. The molecule has 6 nitrogen and oxygen atoms in total. The minimum atomic E-state index is -5.08. The molecule has 0 bridgehead atoms. The number of benzene rings is 1. The lowest BCUT2D eigenvalue weighted by Gasteiger charge is -2.20. The van der Waals surface area contributed by atoms with Crippen LogP contribution in [0.4, 0.5) is 13.2 Å². The molecule has 1 aliphatic heterocycles. The third kappa shape index (κ3) is 11.7. The summed E-state index contributed by atoms with van der Waals surface area (Å²) in [6, 6.07) is 8.71. The Hall–Kier alpha value is -2.42. The molecule has 1 aromatic heterocycles. The normalized spacial score (nSPS) is 15.9. The third-order valence-electron chi connectivity index (χ3n) is 6.10. The van der Waals surface area contributed by atoms with E-state index in [9.17, 15) is 13.2 Å². The maximum atomic E-state index is 10.6. The average molecular weight is 498 g/mol. The van der Waals surface area contributed by atoms with Crippen LogP contribution in [0.2, 0.25) is 0 Å². The number of alkyl halides is 3. The maximum absolute atomic E-state index is 10.6. The molecule has 3 rings (SSSR count). The highest BCUT2D eigenvalue weighted by Crippen LogP contribution is 2.21. The van der Waals surface area contributed by atoms with Crippen molar-refractivity contribution in [1.82, 2.24) is 15.5 Å². The molecule has 2 N–H and O–H groups in total. The van der Waals surface area contributed by atoms with Crippen molar-refractivity contribution >= 4 is 5.97 Å². The van der Waals surface area contributed by atoms with Crippen molar-refractivity contribution in [2.45, 2.75) is 90.1 Å². The predicted molar refractivity (Wildman–Crippen MR) is 129 cm³/mol. The SMILES string of the molecule is CCCCCCCCCCc1ccc(-c2noc(C[C@@H]3CCCNC3)n2)cc1.O=C(O)C(F)(F)F. The number of carbonyl (C=O) groups is 1. The fourth-order valence-electron chi connectivity index (χ4n) is 4.08. The molecule has 2 aromatic rings. The number of aliphatic carboxylic acids is 1. The molecule has 1 atom stereocenters. The quantitative estimate of drug-likeness (QED) is 0.322. The van der Waals surface area contributed by atoms with Gasteiger partial charge in [-0.2, -0.15) is 18.2 Å². The van der Waals surface area contributed by atoms with Crippen LogP contribution in [-0.4, -0.2) is 40.5 Å². The van der Waals surface area contributed by atoms with Gasteiger partial charge in [0.1, 0.15) is 0 Å². The average Bonchev–Trinajstić information content (AvgIpc) is 3.30. The zero-order chi connectivity index (χ0) is 25.5. The van der Waals surface area contributed by atoms with E-state index in [1.807, 2.05) is 0 Å². The zero-order valence-electron chi connectivity index (χ0n) is 20.6. The Morgan fingerprint density at radius 3 is 2.29 bits per heavy atom. The first kappa shape index (κ1) is 28.8. The number of nitrogens with one attached hydrogen (secondary N) is 1. The van der Waals surface area contributed by atoms with Gasteiger partial charge in [-0.25, -0.2) is 4.79 Å². The van der Waals surface area contributed by atoms with Crippen molar-refractivity contribution in [2.75, 3.05) is 13.1 Å². The van der Waals surface area contributed by atoms with E-state index in [4.69, 9.17) is 14.4 Å². The fourth-order valence-corrected chi connectivity index (χ4v) is 4.08. The molecule has 2 heterocycles. The standard InChI is InChI=1S/C24H37N3O.C2HF3O2/c1-2-3-4-5-6-7-8-9-11-20-13-15-22(16-14-20)24-26-23(28-27-24)18-21-12-10-17-25-19-21;3-2(4,5)1(6)7/h13-16,21,25H,2-12,17-19H2,1H3;(H,6,7)/t21-;/m0./s1. The maximum Gasteiger partial charge on any atom is 0.490 e. The van der Waals surface area contributed by atoms with E-state index in [0.717, 1.165) is 36.8 Å². The first-order valence-corrected chi connectivity index (χ1v) is 12.7. The molecule has 0 radical (unpaired) electrons. The summed E-state index contributed by atoms with van der Waals surface area (Å²) in [6.45, 7) is 4.47. The topological polar surface area (TPSA) is 88.3 Å². The van der Waals surface area contributed by atoms with Crippen LogP contribution in [0.1, 0.15) is 82.6 Å². The summed E-state index contributed by atoms with van der Waals surface area (Å²) >= 11 is 0.